The van der Waals surface area contributed by atoms with Gasteiger partial charge in [-0.25, -0.2) is 15.0 Å². The smallest absolute Gasteiger partial charge is 0.250 e. The monoisotopic (exact) mass is 419 g/mol. The van der Waals surface area contributed by atoms with E-state index in [2.05, 4.69) is 15.0 Å². The maximum Gasteiger partial charge on any atom is 0.250 e. The molecule has 0 spiro atoms. The fourth-order valence-corrected chi connectivity index (χ4v) is 2.09. The van der Waals surface area contributed by atoms with Crippen molar-refractivity contribution in [3.8, 4) is 17.1 Å². The highest BCUT2D eigenvalue weighted by Crippen LogP contribution is 2.41. The number of methoxy groups -OCH3 is 1. The van der Waals surface area contributed by atoms with E-state index in [0.717, 1.165) is 0 Å². The summed E-state index contributed by atoms with van der Waals surface area (Å²) in [4.78, 5) is 12.1. The number of para-hydroxylation sites is 1. The van der Waals surface area contributed by atoms with Gasteiger partial charge in [0.1, 0.15) is 5.75 Å². The van der Waals surface area contributed by atoms with Crippen molar-refractivity contribution in [3.05, 3.63) is 35.9 Å². The first-order chi connectivity index (χ1) is 10.1. The van der Waals surface area contributed by atoms with Gasteiger partial charge in [0.25, 0.3) is 0 Å². The van der Waals surface area contributed by atoms with E-state index in [0.29, 0.717) is 11.3 Å². The van der Waals surface area contributed by atoms with Crippen molar-refractivity contribution in [3.63, 3.8) is 0 Å². The summed E-state index contributed by atoms with van der Waals surface area (Å²) in [5.74, 6) is 0.360. The number of nitrogens with zero attached hydrogens (tertiary/aromatic N) is 3. The lowest BCUT2D eigenvalue weighted by Crippen LogP contribution is -2.16. The zero-order valence-corrected chi connectivity index (χ0v) is 15.4. The van der Waals surface area contributed by atoms with Gasteiger partial charge in [0.2, 0.25) is 7.59 Å². The molecule has 10 heteroatoms. The van der Waals surface area contributed by atoms with Gasteiger partial charge in [0.05, 0.1) is 12.7 Å². The summed E-state index contributed by atoms with van der Waals surface area (Å²) >= 11 is 35.0. The molecule has 0 fully saturated rings. The van der Waals surface area contributed by atoms with Crippen molar-refractivity contribution in [2.45, 2.75) is 7.59 Å². The lowest BCUT2D eigenvalue weighted by molar-refractivity contribution is 0.416. The van der Waals surface area contributed by atoms with Crippen LogP contribution in [-0.2, 0) is 7.59 Å². The zero-order chi connectivity index (χ0) is 16.5. The van der Waals surface area contributed by atoms with Crippen LogP contribution in [0.1, 0.15) is 11.6 Å². The molecule has 2 rings (SSSR count). The molecule has 0 saturated heterocycles. The Balaban J connectivity index is 2.70. The van der Waals surface area contributed by atoms with Gasteiger partial charge in [-0.05, 0) is 12.1 Å². The quantitative estimate of drug-likeness (QED) is 0.625. The summed E-state index contributed by atoms with van der Waals surface area (Å²) in [6.45, 7) is 0. The summed E-state index contributed by atoms with van der Waals surface area (Å²) in [5.41, 5.74) is 0.540. The number of rotatable bonds is 2. The Kier molecular flexibility index (Phi) is 5.53. The van der Waals surface area contributed by atoms with Crippen molar-refractivity contribution in [1.82, 2.24) is 15.0 Å². The van der Waals surface area contributed by atoms with Gasteiger partial charge >= 0.3 is 0 Å². The Hall–Kier alpha value is -0.230. The van der Waals surface area contributed by atoms with E-state index >= 15 is 0 Å². The maximum absolute atomic E-state index is 5.83. The highest BCUT2D eigenvalue weighted by atomic mass is 35.6. The van der Waals surface area contributed by atoms with E-state index in [1.807, 2.05) is 0 Å². The molecule has 0 amide bonds. The molecule has 1 aromatic carbocycles. The van der Waals surface area contributed by atoms with Crippen molar-refractivity contribution in [2.75, 3.05) is 7.11 Å². The summed E-state index contributed by atoms with van der Waals surface area (Å²) in [7, 11) is 1.51. The molecule has 2 aromatic rings. The number of ether oxygens (including phenoxy) is 1. The molecule has 0 bridgehead atoms. The molecule has 1 heterocycles. The summed E-state index contributed by atoms with van der Waals surface area (Å²) < 4.78 is 1.46. The second kappa shape index (κ2) is 6.71. The van der Waals surface area contributed by atoms with E-state index in [9.17, 15) is 0 Å². The standard InChI is InChI=1S/C12H7Cl6N3O/c1-22-7-5-3-2-4-6(7)8-19-9(11(13,14)15)21-10(20-8)12(16,17)18/h2-5H,1H3. The Bertz CT molecular complexity index is 651. The number of alkyl halides is 6. The van der Waals surface area contributed by atoms with E-state index in [-0.39, 0.29) is 17.5 Å². The van der Waals surface area contributed by atoms with Crippen LogP contribution >= 0.6 is 69.6 Å². The minimum atomic E-state index is -1.90. The van der Waals surface area contributed by atoms with Gasteiger partial charge in [-0.3, -0.25) is 0 Å². The van der Waals surface area contributed by atoms with E-state index < -0.39 is 7.59 Å². The van der Waals surface area contributed by atoms with Crippen LogP contribution in [0.5, 0.6) is 5.75 Å². The van der Waals surface area contributed by atoms with Crippen LogP contribution in [0, 0.1) is 0 Å². The van der Waals surface area contributed by atoms with Crippen LogP contribution in [0.25, 0.3) is 11.4 Å². The lowest BCUT2D eigenvalue weighted by atomic mass is 10.2. The molecular weight excluding hydrogens is 415 g/mol. The third-order valence-corrected chi connectivity index (χ3v) is 3.50. The molecule has 22 heavy (non-hydrogen) atoms. The molecule has 0 unspecified atom stereocenters. The molecule has 0 aliphatic carbocycles. The fraction of sp³-hybridized carbons (Fsp3) is 0.250. The van der Waals surface area contributed by atoms with Gasteiger partial charge in [-0.2, -0.15) is 0 Å². The first kappa shape index (κ1) is 18.1. The van der Waals surface area contributed by atoms with Crippen LogP contribution in [0.3, 0.4) is 0 Å². The van der Waals surface area contributed by atoms with Crippen LogP contribution in [0.15, 0.2) is 24.3 Å². The first-order valence-corrected chi connectivity index (χ1v) is 7.93. The largest absolute Gasteiger partial charge is 0.496 e. The molecule has 1 aromatic heterocycles. The Morgan fingerprint density at radius 1 is 0.818 bits per heavy atom. The summed E-state index contributed by atoms with van der Waals surface area (Å²) in [6.07, 6.45) is 0. The Labute approximate surface area is 156 Å². The molecule has 4 nitrogen and oxygen atoms in total. The molecule has 0 N–H and O–H groups in total. The average Bonchev–Trinajstić information content (AvgIpc) is 2.45. The van der Waals surface area contributed by atoms with Gasteiger partial charge < -0.3 is 4.74 Å². The van der Waals surface area contributed by atoms with Gasteiger partial charge in [-0.1, -0.05) is 81.7 Å². The molecule has 118 valence electrons. The molecular formula is C12H7Cl6N3O. The number of halogens is 6. The topological polar surface area (TPSA) is 47.9 Å². The second-order valence-electron chi connectivity index (χ2n) is 4.00. The molecule has 0 aliphatic heterocycles. The van der Waals surface area contributed by atoms with Crippen molar-refractivity contribution >= 4 is 69.6 Å². The van der Waals surface area contributed by atoms with Crippen molar-refractivity contribution < 1.29 is 4.74 Å². The summed E-state index contributed by atoms with van der Waals surface area (Å²) in [5, 5.41) is 0. The summed E-state index contributed by atoms with van der Waals surface area (Å²) in [6, 6.07) is 7.00. The van der Waals surface area contributed by atoms with Crippen molar-refractivity contribution in [2.24, 2.45) is 0 Å². The Morgan fingerprint density at radius 3 is 1.77 bits per heavy atom. The number of hydrogen-bond acceptors (Lipinski definition) is 4. The van der Waals surface area contributed by atoms with Crippen molar-refractivity contribution in [1.29, 1.82) is 0 Å². The van der Waals surface area contributed by atoms with E-state index in [1.165, 1.54) is 7.11 Å². The normalized spacial score (nSPS) is 12.3. The fourth-order valence-electron chi connectivity index (χ4n) is 1.58. The van der Waals surface area contributed by atoms with Crippen LogP contribution < -0.4 is 4.74 Å². The molecule has 0 aliphatic rings. The minimum Gasteiger partial charge on any atom is -0.496 e. The molecule has 0 saturated carbocycles. The van der Waals surface area contributed by atoms with Crippen LogP contribution in [0.4, 0.5) is 0 Å². The van der Waals surface area contributed by atoms with Gasteiger partial charge in [0, 0.05) is 0 Å². The third-order valence-electron chi connectivity index (χ3n) is 2.49. The number of benzene rings is 1. The first-order valence-electron chi connectivity index (χ1n) is 5.67. The highest BCUT2D eigenvalue weighted by molar-refractivity contribution is 6.67. The lowest BCUT2D eigenvalue weighted by Gasteiger charge is -2.16. The predicted molar refractivity (Wildman–Crippen MR) is 90.3 cm³/mol. The Morgan fingerprint density at radius 2 is 1.32 bits per heavy atom. The zero-order valence-electron chi connectivity index (χ0n) is 10.8. The minimum absolute atomic E-state index is 0.158. The highest BCUT2D eigenvalue weighted by Gasteiger charge is 2.34. The van der Waals surface area contributed by atoms with E-state index in [4.69, 9.17) is 74.3 Å². The average molecular weight is 422 g/mol. The second-order valence-corrected chi connectivity index (χ2v) is 8.56. The SMILES string of the molecule is COc1ccccc1-c1nc(C(Cl)(Cl)Cl)nc(C(Cl)(Cl)Cl)n1. The van der Waals surface area contributed by atoms with Gasteiger partial charge in [-0.15, -0.1) is 0 Å². The number of aromatic nitrogens is 3. The number of hydrogen-bond donors (Lipinski definition) is 0. The van der Waals surface area contributed by atoms with Crippen LogP contribution in [-0.4, -0.2) is 22.1 Å². The predicted octanol–water partition coefficient (Wildman–Crippen LogP) is 5.20. The molecule has 0 radical (unpaired) electrons. The van der Waals surface area contributed by atoms with E-state index in [1.54, 1.807) is 24.3 Å². The third kappa shape index (κ3) is 4.19. The van der Waals surface area contributed by atoms with Crippen LogP contribution in [0.2, 0.25) is 0 Å². The maximum atomic E-state index is 5.83. The molecule has 0 atom stereocenters. The van der Waals surface area contributed by atoms with Gasteiger partial charge in [0.15, 0.2) is 17.5 Å².